The van der Waals surface area contributed by atoms with Gasteiger partial charge in [0.15, 0.2) is 5.75 Å². The lowest BCUT2D eigenvalue weighted by Gasteiger charge is -2.21. The Morgan fingerprint density at radius 1 is 1.20 bits per heavy atom. The van der Waals surface area contributed by atoms with Crippen molar-refractivity contribution in [3.63, 3.8) is 0 Å². The van der Waals surface area contributed by atoms with Crippen LogP contribution in [0.4, 0.5) is 15.9 Å². The van der Waals surface area contributed by atoms with Crippen LogP contribution in [0.2, 0.25) is 0 Å². The highest BCUT2D eigenvalue weighted by Gasteiger charge is 2.54. The van der Waals surface area contributed by atoms with Crippen LogP contribution in [0.25, 0.3) is 11.1 Å². The van der Waals surface area contributed by atoms with E-state index >= 15 is 0 Å². The minimum atomic E-state index is -0.317. The van der Waals surface area contributed by atoms with Crippen molar-refractivity contribution in [1.29, 1.82) is 0 Å². The smallest absolute Gasteiger partial charge is 0.324 e. The number of hydrogen-bond donors (Lipinski definition) is 3. The highest BCUT2D eigenvalue weighted by molar-refractivity contribution is 5.88. The summed E-state index contributed by atoms with van der Waals surface area (Å²) in [4.78, 5) is 34.7. The number of hydrogen-bond acceptors (Lipinski definition) is 10. The number of amides is 1. The Morgan fingerprint density at radius 3 is 2.67 bits per heavy atom. The maximum atomic E-state index is 14.6. The molecule has 2 atom stereocenters. The Balaban J connectivity index is 1.18. The lowest BCUT2D eigenvalue weighted by atomic mass is 10.0. The predicted molar refractivity (Wildman–Crippen MR) is 147 cm³/mol. The number of ether oxygens (including phenoxy) is 1. The second-order valence-electron chi connectivity index (χ2n) is 11.4. The summed E-state index contributed by atoms with van der Waals surface area (Å²) in [5, 5.41) is 3.11. The number of nitrogens with one attached hydrogen (secondary N) is 1. The fourth-order valence-electron chi connectivity index (χ4n) is 6.29. The van der Waals surface area contributed by atoms with Gasteiger partial charge in [-0.15, -0.1) is 0 Å². The summed E-state index contributed by atoms with van der Waals surface area (Å²) in [7, 11) is 1.78. The van der Waals surface area contributed by atoms with Gasteiger partial charge >= 0.3 is 6.01 Å². The standard InChI is InChI=1S/C28H32FN9O2/c1-32-20-7-15(29)6-19-18(20)8-21-25(19)26(38-13-22(31)28(14-38)3-4-28)36-27(35-21)40-17-10-33-23(34-11-17)9-24(39)37-5-2-16(30)12-37/h6-7,10-11,16,22,32H,2-5,8-9,12-14,30-31H2,1H3/t16?,22-/m0/s1. The van der Waals surface area contributed by atoms with Gasteiger partial charge in [-0.25, -0.2) is 14.4 Å². The fourth-order valence-corrected chi connectivity index (χ4v) is 6.29. The van der Waals surface area contributed by atoms with Gasteiger partial charge < -0.3 is 31.3 Å². The minimum absolute atomic E-state index is 0.0283. The molecule has 1 saturated carbocycles. The van der Waals surface area contributed by atoms with E-state index in [0.717, 1.165) is 53.9 Å². The van der Waals surface area contributed by atoms with Gasteiger partial charge in [-0.05, 0) is 42.5 Å². The van der Waals surface area contributed by atoms with Crippen molar-refractivity contribution in [1.82, 2.24) is 24.8 Å². The minimum Gasteiger partial charge on any atom is -0.421 e. The highest BCUT2D eigenvalue weighted by atomic mass is 19.1. The molecule has 2 aliphatic heterocycles. The molecule has 3 fully saturated rings. The number of carbonyl (C=O) groups is 1. The molecule has 7 rings (SSSR count). The maximum absolute atomic E-state index is 14.6. The number of likely N-dealkylation sites (tertiary alicyclic amines) is 1. The largest absolute Gasteiger partial charge is 0.421 e. The molecule has 1 aromatic carbocycles. The lowest BCUT2D eigenvalue weighted by molar-refractivity contribution is -0.129. The fraction of sp³-hybridized carbons (Fsp3) is 0.464. The molecule has 0 radical (unpaired) electrons. The van der Waals surface area contributed by atoms with E-state index in [0.29, 0.717) is 43.4 Å². The van der Waals surface area contributed by atoms with Crippen LogP contribution in [0.5, 0.6) is 11.8 Å². The molecule has 4 heterocycles. The number of benzene rings is 1. The molecule has 1 amide bonds. The summed E-state index contributed by atoms with van der Waals surface area (Å²) in [6.07, 6.45) is 6.69. The molecule has 11 nitrogen and oxygen atoms in total. The first-order valence-corrected chi connectivity index (χ1v) is 13.8. The zero-order chi connectivity index (χ0) is 27.6. The quantitative estimate of drug-likeness (QED) is 0.328. The molecular formula is C28H32FN9O2. The summed E-state index contributed by atoms with van der Waals surface area (Å²) >= 11 is 0. The predicted octanol–water partition coefficient (Wildman–Crippen LogP) is 1.84. The van der Waals surface area contributed by atoms with Crippen molar-refractivity contribution in [2.75, 3.05) is 43.4 Å². The summed E-state index contributed by atoms with van der Waals surface area (Å²) in [5.41, 5.74) is 16.7. The van der Waals surface area contributed by atoms with Crippen LogP contribution in [-0.2, 0) is 17.6 Å². The van der Waals surface area contributed by atoms with Gasteiger partial charge in [0.05, 0.1) is 24.5 Å². The van der Waals surface area contributed by atoms with Gasteiger partial charge in [0.2, 0.25) is 5.91 Å². The SMILES string of the molecule is CNc1cc(F)cc2c1Cc1nc(Oc3cnc(CC(=O)N4CCC(N)C4)nc3)nc(N3C[C@H](N)C4(CC4)C3)c1-2. The van der Waals surface area contributed by atoms with Gasteiger partial charge in [-0.1, -0.05) is 0 Å². The molecular weight excluding hydrogens is 513 g/mol. The number of nitrogens with zero attached hydrogens (tertiary/aromatic N) is 6. The van der Waals surface area contributed by atoms with E-state index in [2.05, 4.69) is 20.2 Å². The molecule has 1 spiro atoms. The van der Waals surface area contributed by atoms with E-state index in [1.807, 2.05) is 0 Å². The summed E-state index contributed by atoms with van der Waals surface area (Å²) in [6.45, 7) is 2.69. The molecule has 3 aromatic rings. The summed E-state index contributed by atoms with van der Waals surface area (Å²) < 4.78 is 20.7. The zero-order valence-electron chi connectivity index (χ0n) is 22.4. The van der Waals surface area contributed by atoms with E-state index in [1.54, 1.807) is 18.0 Å². The number of aromatic nitrogens is 4. The zero-order valence-corrected chi connectivity index (χ0v) is 22.4. The average Bonchev–Trinajstić information content (AvgIpc) is 3.25. The van der Waals surface area contributed by atoms with E-state index < -0.39 is 0 Å². The van der Waals surface area contributed by atoms with Crippen LogP contribution in [-0.4, -0.2) is 76.1 Å². The molecule has 2 aliphatic carbocycles. The monoisotopic (exact) mass is 545 g/mol. The Morgan fingerprint density at radius 2 is 2.00 bits per heavy atom. The summed E-state index contributed by atoms with van der Waals surface area (Å²) in [5.74, 6) is 1.12. The molecule has 2 aromatic heterocycles. The molecule has 12 heteroatoms. The molecule has 5 N–H and O–H groups in total. The van der Waals surface area contributed by atoms with Crippen molar-refractivity contribution < 1.29 is 13.9 Å². The van der Waals surface area contributed by atoms with Crippen LogP contribution in [0.1, 0.15) is 36.3 Å². The van der Waals surface area contributed by atoms with E-state index in [1.165, 1.54) is 18.5 Å². The molecule has 2 saturated heterocycles. The second kappa shape index (κ2) is 9.34. The summed E-state index contributed by atoms with van der Waals surface area (Å²) in [6, 6.07) is 3.31. The van der Waals surface area contributed by atoms with Crippen molar-refractivity contribution in [2.45, 2.75) is 44.2 Å². The van der Waals surface area contributed by atoms with Crippen molar-refractivity contribution in [3.05, 3.63) is 47.4 Å². The van der Waals surface area contributed by atoms with Gasteiger partial charge in [0.25, 0.3) is 0 Å². The van der Waals surface area contributed by atoms with Crippen LogP contribution in [0, 0.1) is 11.2 Å². The second-order valence-corrected chi connectivity index (χ2v) is 11.4. The normalized spacial score (nSPS) is 22.0. The van der Waals surface area contributed by atoms with Crippen LogP contribution in [0.3, 0.4) is 0 Å². The molecule has 4 aliphatic rings. The Labute approximate surface area is 231 Å². The van der Waals surface area contributed by atoms with Gasteiger partial charge in [-0.3, -0.25) is 4.79 Å². The number of nitrogens with two attached hydrogens (primary N) is 2. The third-order valence-electron chi connectivity index (χ3n) is 8.72. The van der Waals surface area contributed by atoms with Crippen molar-refractivity contribution >= 4 is 17.4 Å². The Hall–Kier alpha value is -3.90. The number of rotatable bonds is 6. The Kier molecular flexibility index (Phi) is 5.86. The Bertz CT molecular complexity index is 1490. The van der Waals surface area contributed by atoms with Gasteiger partial charge in [-0.2, -0.15) is 9.97 Å². The van der Waals surface area contributed by atoms with Crippen LogP contribution in [0.15, 0.2) is 24.5 Å². The van der Waals surface area contributed by atoms with Crippen LogP contribution >= 0.6 is 0 Å². The van der Waals surface area contributed by atoms with E-state index in [4.69, 9.17) is 26.2 Å². The van der Waals surface area contributed by atoms with E-state index in [9.17, 15) is 9.18 Å². The third-order valence-corrected chi connectivity index (χ3v) is 8.72. The number of carbonyl (C=O) groups excluding carboxylic acids is 1. The lowest BCUT2D eigenvalue weighted by Crippen LogP contribution is -2.33. The first kappa shape index (κ1) is 25.1. The van der Waals surface area contributed by atoms with Gasteiger partial charge in [0, 0.05) is 68.4 Å². The molecule has 1 unspecified atom stereocenters. The first-order valence-electron chi connectivity index (χ1n) is 13.8. The third kappa shape index (κ3) is 4.31. The number of halogens is 1. The van der Waals surface area contributed by atoms with E-state index in [-0.39, 0.29) is 41.7 Å². The molecule has 40 heavy (non-hydrogen) atoms. The van der Waals surface area contributed by atoms with Gasteiger partial charge in [0.1, 0.15) is 17.5 Å². The maximum Gasteiger partial charge on any atom is 0.324 e. The number of fused-ring (bicyclic) bond motifs is 3. The highest BCUT2D eigenvalue weighted by Crippen LogP contribution is 2.54. The van der Waals surface area contributed by atoms with Crippen molar-refractivity contribution in [2.24, 2.45) is 16.9 Å². The average molecular weight is 546 g/mol. The van der Waals surface area contributed by atoms with Crippen LogP contribution < -0.4 is 26.4 Å². The first-order chi connectivity index (χ1) is 19.3. The van der Waals surface area contributed by atoms with Crippen molar-refractivity contribution in [3.8, 4) is 22.9 Å². The molecule has 208 valence electrons. The topological polar surface area (TPSA) is 148 Å². The molecule has 0 bridgehead atoms. The number of anilines is 2.